The molecule has 2 aliphatic rings. The van der Waals surface area contributed by atoms with Gasteiger partial charge in [-0.25, -0.2) is 0 Å². The van der Waals surface area contributed by atoms with Crippen LogP contribution in [0.3, 0.4) is 0 Å². The molecule has 1 heterocycles. The maximum absolute atomic E-state index is 11.8. The first kappa shape index (κ1) is 12.7. The summed E-state index contributed by atoms with van der Waals surface area (Å²) in [6.07, 6.45) is 4.87. The highest BCUT2D eigenvalue weighted by Gasteiger charge is 2.39. The third-order valence-corrected chi connectivity index (χ3v) is 4.37. The molecule has 1 saturated heterocycles. The minimum Gasteiger partial charge on any atom is -0.496 e. The van der Waals surface area contributed by atoms with Crippen LogP contribution >= 0.6 is 15.9 Å². The lowest BCUT2D eigenvalue weighted by Gasteiger charge is -2.21. The van der Waals surface area contributed by atoms with Gasteiger partial charge in [-0.3, -0.25) is 4.79 Å². The topological polar surface area (TPSA) is 35.5 Å². The molecule has 2 bridgehead atoms. The van der Waals surface area contributed by atoms with Crippen molar-refractivity contribution in [2.45, 2.75) is 19.3 Å². The Kier molecular flexibility index (Phi) is 3.35. The summed E-state index contributed by atoms with van der Waals surface area (Å²) in [4.78, 5) is 11.8. The van der Waals surface area contributed by atoms with Crippen LogP contribution in [0.25, 0.3) is 6.08 Å². The van der Waals surface area contributed by atoms with Gasteiger partial charge in [0, 0.05) is 16.0 Å². The van der Waals surface area contributed by atoms with E-state index in [1.54, 1.807) is 7.11 Å². The number of ether oxygens (including phenoxy) is 2. The number of allylic oxidation sites excluding steroid dienone is 1. The monoisotopic (exact) mass is 322 g/mol. The predicted octanol–water partition coefficient (Wildman–Crippen LogP) is 3.77. The van der Waals surface area contributed by atoms with Crippen molar-refractivity contribution < 1.29 is 14.3 Å². The maximum atomic E-state index is 11.8. The molecule has 1 aliphatic carbocycles. The van der Waals surface area contributed by atoms with Gasteiger partial charge in [0.05, 0.1) is 13.0 Å². The first-order valence-electron chi connectivity index (χ1n) is 6.44. The fraction of sp³-hybridized carbons (Fsp3) is 0.400. The van der Waals surface area contributed by atoms with E-state index in [2.05, 4.69) is 15.9 Å². The number of carbonyl (C=O) groups is 1. The van der Waals surface area contributed by atoms with Crippen LogP contribution in [-0.4, -0.2) is 13.1 Å². The average Bonchev–Trinajstić information content (AvgIpc) is 2.84. The van der Waals surface area contributed by atoms with Crippen LogP contribution in [0.15, 0.2) is 28.4 Å². The lowest BCUT2D eigenvalue weighted by Crippen LogP contribution is -2.21. The summed E-state index contributed by atoms with van der Waals surface area (Å²) < 4.78 is 11.8. The molecule has 0 radical (unpaired) electrons. The molecular formula is C15H15BrO3. The van der Waals surface area contributed by atoms with Crippen LogP contribution < -0.4 is 4.74 Å². The highest BCUT2D eigenvalue weighted by Crippen LogP contribution is 2.42. The van der Waals surface area contributed by atoms with Crippen LogP contribution in [0.1, 0.15) is 24.8 Å². The van der Waals surface area contributed by atoms with Gasteiger partial charge in [0.2, 0.25) is 0 Å². The number of hydrogen-bond donors (Lipinski definition) is 0. The molecule has 0 N–H and O–H groups in total. The van der Waals surface area contributed by atoms with Crippen LogP contribution in [0.4, 0.5) is 0 Å². The zero-order chi connectivity index (χ0) is 13.4. The Morgan fingerprint density at radius 3 is 2.95 bits per heavy atom. The quantitative estimate of drug-likeness (QED) is 0.777. The van der Waals surface area contributed by atoms with Crippen molar-refractivity contribution in [3.05, 3.63) is 34.0 Å². The van der Waals surface area contributed by atoms with E-state index in [0.717, 1.165) is 40.8 Å². The van der Waals surface area contributed by atoms with E-state index in [1.807, 2.05) is 24.3 Å². The summed E-state index contributed by atoms with van der Waals surface area (Å²) in [5, 5.41) is 0. The Balaban J connectivity index is 1.95. The van der Waals surface area contributed by atoms with Crippen molar-refractivity contribution in [2.24, 2.45) is 11.8 Å². The van der Waals surface area contributed by atoms with E-state index in [0.29, 0.717) is 5.92 Å². The van der Waals surface area contributed by atoms with E-state index < -0.39 is 0 Å². The third kappa shape index (κ3) is 2.41. The molecule has 2 atom stereocenters. The largest absolute Gasteiger partial charge is 0.496 e. The van der Waals surface area contributed by atoms with Crippen LogP contribution in [0.5, 0.6) is 5.75 Å². The van der Waals surface area contributed by atoms with Gasteiger partial charge in [0.15, 0.2) is 0 Å². The molecule has 0 spiro atoms. The zero-order valence-electron chi connectivity index (χ0n) is 10.7. The van der Waals surface area contributed by atoms with Crippen LogP contribution in [0.2, 0.25) is 0 Å². The van der Waals surface area contributed by atoms with Crippen molar-refractivity contribution in [2.75, 3.05) is 7.11 Å². The Morgan fingerprint density at radius 1 is 1.37 bits per heavy atom. The summed E-state index contributed by atoms with van der Waals surface area (Å²) in [6.45, 7) is 0. The Labute approximate surface area is 120 Å². The number of fused-ring (bicyclic) bond motifs is 2. The Bertz CT molecular complexity index is 550. The molecule has 1 saturated carbocycles. The Morgan fingerprint density at radius 2 is 2.16 bits per heavy atom. The molecular weight excluding hydrogens is 308 g/mol. The van der Waals surface area contributed by atoms with Crippen LogP contribution in [-0.2, 0) is 9.53 Å². The number of benzene rings is 1. The SMILES string of the molecule is COc1cc(Br)ccc1C=C1OC(=O)C2CCC1C2. The first-order valence-corrected chi connectivity index (χ1v) is 7.23. The van der Waals surface area contributed by atoms with Crippen molar-refractivity contribution in [3.8, 4) is 5.75 Å². The molecule has 1 aromatic rings. The van der Waals surface area contributed by atoms with Crippen molar-refractivity contribution in [1.29, 1.82) is 0 Å². The average molecular weight is 323 g/mol. The zero-order valence-corrected chi connectivity index (χ0v) is 12.3. The van der Waals surface area contributed by atoms with E-state index in [9.17, 15) is 4.79 Å². The molecule has 2 unspecified atom stereocenters. The number of halogens is 1. The minimum absolute atomic E-state index is 0.0731. The molecule has 2 fully saturated rings. The smallest absolute Gasteiger partial charge is 0.314 e. The van der Waals surface area contributed by atoms with Gasteiger partial charge in [-0.15, -0.1) is 0 Å². The van der Waals surface area contributed by atoms with Gasteiger partial charge in [-0.05, 0) is 37.5 Å². The Hall–Kier alpha value is -1.29. The molecule has 1 aromatic carbocycles. The van der Waals surface area contributed by atoms with Gasteiger partial charge in [0.1, 0.15) is 11.5 Å². The van der Waals surface area contributed by atoms with Gasteiger partial charge < -0.3 is 9.47 Å². The predicted molar refractivity (Wildman–Crippen MR) is 75.6 cm³/mol. The summed E-state index contributed by atoms with van der Waals surface area (Å²) in [5.41, 5.74) is 0.943. The second kappa shape index (κ2) is 5.00. The van der Waals surface area contributed by atoms with Crippen molar-refractivity contribution >= 4 is 28.0 Å². The van der Waals surface area contributed by atoms with E-state index in [4.69, 9.17) is 9.47 Å². The number of cyclic esters (lactones) is 1. The summed E-state index contributed by atoms with van der Waals surface area (Å²) >= 11 is 3.42. The highest BCUT2D eigenvalue weighted by molar-refractivity contribution is 9.10. The van der Waals surface area contributed by atoms with E-state index >= 15 is 0 Å². The number of esters is 1. The molecule has 3 nitrogen and oxygen atoms in total. The number of rotatable bonds is 2. The molecule has 0 aromatic heterocycles. The molecule has 1 aliphatic heterocycles. The van der Waals surface area contributed by atoms with E-state index in [-0.39, 0.29) is 11.9 Å². The molecule has 19 heavy (non-hydrogen) atoms. The lowest BCUT2D eigenvalue weighted by atomic mass is 9.98. The molecule has 4 heteroatoms. The second-order valence-corrected chi connectivity index (χ2v) is 5.98. The van der Waals surface area contributed by atoms with Crippen molar-refractivity contribution in [3.63, 3.8) is 0 Å². The third-order valence-electron chi connectivity index (χ3n) is 3.88. The second-order valence-electron chi connectivity index (χ2n) is 5.06. The lowest BCUT2D eigenvalue weighted by molar-refractivity contribution is -0.146. The summed E-state index contributed by atoms with van der Waals surface area (Å²) in [6, 6.07) is 5.83. The summed E-state index contributed by atoms with van der Waals surface area (Å²) in [7, 11) is 1.64. The summed E-state index contributed by atoms with van der Waals surface area (Å²) in [5.74, 6) is 2.00. The van der Waals surface area contributed by atoms with E-state index in [1.165, 1.54) is 0 Å². The number of methoxy groups -OCH3 is 1. The van der Waals surface area contributed by atoms with Crippen LogP contribution in [0, 0.1) is 11.8 Å². The van der Waals surface area contributed by atoms with Gasteiger partial charge in [0.25, 0.3) is 0 Å². The molecule has 100 valence electrons. The van der Waals surface area contributed by atoms with Gasteiger partial charge in [-0.2, -0.15) is 0 Å². The maximum Gasteiger partial charge on any atom is 0.314 e. The van der Waals surface area contributed by atoms with Gasteiger partial charge in [-0.1, -0.05) is 22.0 Å². The van der Waals surface area contributed by atoms with Gasteiger partial charge >= 0.3 is 5.97 Å². The first-order chi connectivity index (χ1) is 9.17. The number of carbonyl (C=O) groups excluding carboxylic acids is 1. The number of hydrogen-bond acceptors (Lipinski definition) is 3. The normalized spacial score (nSPS) is 27.5. The fourth-order valence-electron chi connectivity index (χ4n) is 2.84. The minimum atomic E-state index is -0.0731. The highest BCUT2D eigenvalue weighted by atomic mass is 79.9. The fourth-order valence-corrected chi connectivity index (χ4v) is 3.18. The van der Waals surface area contributed by atoms with Crippen molar-refractivity contribution in [1.82, 2.24) is 0 Å². The molecule has 3 rings (SSSR count). The molecule has 0 amide bonds. The standard InChI is InChI=1S/C15H15BrO3/c1-18-13-8-12(16)5-4-10(13)7-14-9-2-3-11(6-9)15(17)19-14/h4-5,7-9,11H,2-3,6H2,1H3.